The molecule has 1 heterocycles. The zero-order chi connectivity index (χ0) is 20.3. The molecule has 2 aromatic carbocycles. The van der Waals surface area contributed by atoms with Crippen LogP contribution in [-0.4, -0.2) is 35.2 Å². The molecule has 0 fully saturated rings. The molecule has 0 aromatic heterocycles. The number of nitrogens with two attached hydrogens (primary N) is 1. The number of nitrogens with zero attached hydrogens (tertiary/aromatic N) is 1. The first-order chi connectivity index (χ1) is 13.4. The van der Waals surface area contributed by atoms with Gasteiger partial charge in [-0.1, -0.05) is 6.07 Å². The normalized spacial score (nSPS) is 13.5. The molecule has 0 bridgehead atoms. The third-order valence-electron chi connectivity index (χ3n) is 4.43. The number of hydrogen-bond donors (Lipinski definition) is 1. The molecule has 148 valence electrons. The summed E-state index contributed by atoms with van der Waals surface area (Å²) in [5.74, 6) is 4.92. The predicted octanol–water partition coefficient (Wildman–Crippen LogP) is 1.89. The summed E-state index contributed by atoms with van der Waals surface area (Å²) >= 11 is 0. The van der Waals surface area contributed by atoms with Crippen molar-refractivity contribution in [1.29, 1.82) is 0 Å². The van der Waals surface area contributed by atoms with E-state index in [1.165, 1.54) is 36.7 Å². The van der Waals surface area contributed by atoms with Crippen LogP contribution in [0.1, 0.15) is 11.1 Å². The third kappa shape index (κ3) is 3.67. The van der Waals surface area contributed by atoms with Crippen molar-refractivity contribution < 1.29 is 27.5 Å². The molecular formula is C19H20N2O6S. The van der Waals surface area contributed by atoms with Crippen molar-refractivity contribution in [3.63, 3.8) is 0 Å². The van der Waals surface area contributed by atoms with Gasteiger partial charge < -0.3 is 14.3 Å². The summed E-state index contributed by atoms with van der Waals surface area (Å²) in [5, 5.41) is 0. The van der Waals surface area contributed by atoms with E-state index in [-0.39, 0.29) is 4.90 Å². The number of rotatable bonds is 6. The predicted molar refractivity (Wildman–Crippen MR) is 104 cm³/mol. The zero-order valence-electron chi connectivity index (χ0n) is 15.4. The Balaban J connectivity index is 1.93. The number of sulfonamides is 1. The summed E-state index contributed by atoms with van der Waals surface area (Å²) in [6.07, 6.45) is 3.32. The monoisotopic (exact) mass is 404 g/mol. The standard InChI is InChI=1S/C19H20N2O6S/c1-25-17-7-5-15(12-18(17)26-2)28(23,24)21-10-9-14-11-13(3-6-16(14)21)4-8-19(22)27-20/h3-8,11-12H,9-10,20H2,1-2H3/b8-4+. The van der Waals surface area contributed by atoms with Gasteiger partial charge in [-0.3, -0.25) is 4.31 Å². The highest BCUT2D eigenvalue weighted by Crippen LogP contribution is 2.36. The van der Waals surface area contributed by atoms with Crippen LogP contribution >= 0.6 is 0 Å². The molecule has 3 rings (SSSR count). The van der Waals surface area contributed by atoms with Crippen molar-refractivity contribution in [2.45, 2.75) is 11.3 Å². The van der Waals surface area contributed by atoms with Gasteiger partial charge in [-0.05, 0) is 47.9 Å². The Labute approximate surface area is 163 Å². The summed E-state index contributed by atoms with van der Waals surface area (Å²) < 4.78 is 38.0. The number of carbonyl (C=O) groups excluding carboxylic acids is 1. The summed E-state index contributed by atoms with van der Waals surface area (Å²) in [6.45, 7) is 0.323. The largest absolute Gasteiger partial charge is 0.493 e. The molecule has 8 nitrogen and oxygen atoms in total. The third-order valence-corrected chi connectivity index (χ3v) is 6.24. The molecule has 1 aliphatic heterocycles. The Morgan fingerprint density at radius 1 is 1.11 bits per heavy atom. The van der Waals surface area contributed by atoms with E-state index in [2.05, 4.69) is 4.84 Å². The highest BCUT2D eigenvalue weighted by molar-refractivity contribution is 7.92. The van der Waals surface area contributed by atoms with Crippen LogP contribution in [0.15, 0.2) is 47.4 Å². The first-order valence-corrected chi connectivity index (χ1v) is 9.81. The van der Waals surface area contributed by atoms with Gasteiger partial charge in [-0.25, -0.2) is 13.2 Å². The van der Waals surface area contributed by atoms with Gasteiger partial charge >= 0.3 is 5.97 Å². The van der Waals surface area contributed by atoms with Crippen molar-refractivity contribution in [2.75, 3.05) is 25.1 Å². The van der Waals surface area contributed by atoms with Crippen LogP contribution in [0.2, 0.25) is 0 Å². The molecule has 0 atom stereocenters. The molecule has 28 heavy (non-hydrogen) atoms. The second-order valence-corrected chi connectivity index (χ2v) is 7.86. The summed E-state index contributed by atoms with van der Waals surface area (Å²) in [5.41, 5.74) is 2.22. The van der Waals surface area contributed by atoms with E-state index in [9.17, 15) is 13.2 Å². The average molecular weight is 404 g/mol. The lowest BCUT2D eigenvalue weighted by molar-refractivity contribution is -0.138. The molecular weight excluding hydrogens is 384 g/mol. The number of methoxy groups -OCH3 is 2. The topological polar surface area (TPSA) is 108 Å². The fraction of sp³-hybridized carbons (Fsp3) is 0.211. The Morgan fingerprint density at radius 2 is 1.86 bits per heavy atom. The smallest absolute Gasteiger partial charge is 0.349 e. The number of hydrogen-bond acceptors (Lipinski definition) is 7. The molecule has 0 spiro atoms. The van der Waals surface area contributed by atoms with Crippen LogP contribution in [0.4, 0.5) is 5.69 Å². The molecule has 9 heteroatoms. The van der Waals surface area contributed by atoms with E-state index in [0.29, 0.717) is 30.2 Å². The molecule has 0 saturated heterocycles. The maximum Gasteiger partial charge on any atom is 0.349 e. The Bertz CT molecular complexity index is 1030. The van der Waals surface area contributed by atoms with Gasteiger partial charge in [0.15, 0.2) is 11.5 Å². The molecule has 0 unspecified atom stereocenters. The molecule has 2 N–H and O–H groups in total. The molecule has 0 amide bonds. The SMILES string of the molecule is COc1ccc(S(=O)(=O)N2CCc3cc(/C=C/C(=O)ON)ccc32)cc1OC. The fourth-order valence-electron chi connectivity index (χ4n) is 3.05. The van der Waals surface area contributed by atoms with Crippen molar-refractivity contribution in [1.82, 2.24) is 0 Å². The average Bonchev–Trinajstić information content (AvgIpc) is 3.15. The first kappa shape index (κ1) is 19.7. The lowest BCUT2D eigenvalue weighted by Crippen LogP contribution is -2.29. The van der Waals surface area contributed by atoms with Crippen LogP contribution in [0.25, 0.3) is 6.08 Å². The Morgan fingerprint density at radius 3 is 2.54 bits per heavy atom. The minimum atomic E-state index is -3.76. The van der Waals surface area contributed by atoms with Gasteiger partial charge in [0.25, 0.3) is 10.0 Å². The lowest BCUT2D eigenvalue weighted by atomic mass is 10.1. The van der Waals surface area contributed by atoms with Crippen LogP contribution in [0.3, 0.4) is 0 Å². The van der Waals surface area contributed by atoms with Crippen LogP contribution in [0, 0.1) is 0 Å². The number of carbonyl (C=O) groups is 1. The van der Waals surface area contributed by atoms with Crippen LogP contribution < -0.4 is 19.7 Å². The van der Waals surface area contributed by atoms with Gasteiger partial charge in [0, 0.05) is 18.7 Å². The number of anilines is 1. The van der Waals surface area contributed by atoms with Gasteiger partial charge in [0.2, 0.25) is 0 Å². The summed E-state index contributed by atoms with van der Waals surface area (Å²) in [7, 11) is -0.822. The van der Waals surface area contributed by atoms with Gasteiger partial charge in [-0.15, -0.1) is 0 Å². The summed E-state index contributed by atoms with van der Waals surface area (Å²) in [6, 6.07) is 9.77. The molecule has 0 radical (unpaired) electrons. The maximum atomic E-state index is 13.1. The second-order valence-electron chi connectivity index (χ2n) is 6.00. The molecule has 0 saturated carbocycles. The Kier molecular flexibility index (Phi) is 5.57. The number of fused-ring (bicyclic) bond motifs is 1. The zero-order valence-corrected chi connectivity index (χ0v) is 16.2. The molecule has 0 aliphatic carbocycles. The van der Waals surface area contributed by atoms with E-state index in [1.54, 1.807) is 24.3 Å². The Hall–Kier alpha value is -3.04. The van der Waals surface area contributed by atoms with Crippen LogP contribution in [-0.2, 0) is 26.1 Å². The van der Waals surface area contributed by atoms with Gasteiger partial charge in [0.1, 0.15) is 0 Å². The highest BCUT2D eigenvalue weighted by atomic mass is 32.2. The van der Waals surface area contributed by atoms with E-state index in [1.807, 2.05) is 6.07 Å². The van der Waals surface area contributed by atoms with E-state index >= 15 is 0 Å². The van der Waals surface area contributed by atoms with Crippen molar-refractivity contribution in [3.05, 3.63) is 53.6 Å². The van der Waals surface area contributed by atoms with E-state index in [4.69, 9.17) is 15.4 Å². The van der Waals surface area contributed by atoms with Crippen LogP contribution in [0.5, 0.6) is 11.5 Å². The van der Waals surface area contributed by atoms with Gasteiger partial charge in [0.05, 0.1) is 24.8 Å². The van der Waals surface area contributed by atoms with Crippen molar-refractivity contribution >= 4 is 27.8 Å². The van der Waals surface area contributed by atoms with Crippen molar-refractivity contribution in [2.24, 2.45) is 5.90 Å². The second kappa shape index (κ2) is 7.91. The maximum absolute atomic E-state index is 13.1. The minimum absolute atomic E-state index is 0.118. The van der Waals surface area contributed by atoms with Gasteiger partial charge in [-0.2, -0.15) is 5.90 Å². The number of ether oxygens (including phenoxy) is 2. The highest BCUT2D eigenvalue weighted by Gasteiger charge is 2.31. The molecule has 2 aromatic rings. The van der Waals surface area contributed by atoms with E-state index in [0.717, 1.165) is 11.1 Å². The molecule has 1 aliphatic rings. The summed E-state index contributed by atoms with van der Waals surface area (Å²) in [4.78, 5) is 15.3. The fourth-order valence-corrected chi connectivity index (χ4v) is 4.57. The minimum Gasteiger partial charge on any atom is -0.493 e. The lowest BCUT2D eigenvalue weighted by Gasteiger charge is -2.20. The van der Waals surface area contributed by atoms with Crippen molar-refractivity contribution in [3.8, 4) is 11.5 Å². The number of benzene rings is 2. The quantitative estimate of drug-likeness (QED) is 0.578. The van der Waals surface area contributed by atoms with E-state index < -0.39 is 16.0 Å². The first-order valence-electron chi connectivity index (χ1n) is 8.37.